The van der Waals surface area contributed by atoms with Crippen molar-refractivity contribution in [2.75, 3.05) is 23.8 Å². The normalized spacial score (nSPS) is 13.5. The summed E-state index contributed by atoms with van der Waals surface area (Å²) in [6, 6.07) is 6.75. The van der Waals surface area contributed by atoms with Crippen LogP contribution in [0.4, 0.5) is 16.3 Å². The zero-order chi connectivity index (χ0) is 21.5. The minimum atomic E-state index is -0.420. The quantitative estimate of drug-likeness (QED) is 0.387. The van der Waals surface area contributed by atoms with Crippen LogP contribution in [0.3, 0.4) is 0 Å². The van der Waals surface area contributed by atoms with E-state index in [-0.39, 0.29) is 0 Å². The van der Waals surface area contributed by atoms with Crippen molar-refractivity contribution in [3.63, 3.8) is 0 Å². The summed E-state index contributed by atoms with van der Waals surface area (Å²) in [4.78, 5) is 15.2. The van der Waals surface area contributed by atoms with Crippen LogP contribution in [0.2, 0.25) is 5.02 Å². The van der Waals surface area contributed by atoms with E-state index >= 15 is 0 Å². The van der Waals surface area contributed by atoms with Crippen molar-refractivity contribution < 1.29 is 9.12 Å². The highest BCUT2D eigenvalue weighted by molar-refractivity contribution is 6.33. The van der Waals surface area contributed by atoms with Gasteiger partial charge in [0, 0.05) is 43.9 Å². The van der Waals surface area contributed by atoms with E-state index in [4.69, 9.17) is 11.6 Å². The summed E-state index contributed by atoms with van der Waals surface area (Å²) in [5.41, 5.74) is 2.80. The summed E-state index contributed by atoms with van der Waals surface area (Å²) in [5.74, 6) is 0.666. The summed E-state index contributed by atoms with van der Waals surface area (Å²) in [6.45, 7) is 2.03. The number of anilines is 2. The molecule has 10 heteroatoms. The number of benzene rings is 1. The Bertz CT molecular complexity index is 1290. The smallest absolute Gasteiger partial charge is 0.223 e. The van der Waals surface area contributed by atoms with E-state index in [1.54, 1.807) is 6.07 Å². The highest BCUT2D eigenvalue weighted by atomic mass is 35.5. The molecule has 0 aliphatic carbocycles. The predicted octanol–water partition coefficient (Wildman–Crippen LogP) is 3.37. The first-order valence-electron chi connectivity index (χ1n) is 9.85. The Hall–Kier alpha value is -3.46. The molecule has 1 aliphatic rings. The van der Waals surface area contributed by atoms with Gasteiger partial charge in [0.1, 0.15) is 5.52 Å². The van der Waals surface area contributed by atoms with E-state index in [9.17, 15) is 9.60 Å². The van der Waals surface area contributed by atoms with Crippen LogP contribution in [0.5, 0.6) is 0 Å². The van der Waals surface area contributed by atoms with Gasteiger partial charge in [-0.3, -0.25) is 0 Å². The topological polar surface area (TPSA) is 85.8 Å². The van der Waals surface area contributed by atoms with Crippen molar-refractivity contribution in [1.29, 1.82) is 0 Å². The lowest BCUT2D eigenvalue weighted by molar-refractivity contribution is -0.605. The molecule has 0 amide bonds. The number of fused-ring (bicyclic) bond motifs is 3. The highest BCUT2D eigenvalue weighted by Gasteiger charge is 2.22. The maximum Gasteiger partial charge on any atom is 0.223 e. The minimum Gasteiger partial charge on any atom is -0.619 e. The van der Waals surface area contributed by atoms with Gasteiger partial charge in [-0.15, -0.1) is 0 Å². The van der Waals surface area contributed by atoms with Gasteiger partial charge in [0.15, 0.2) is 18.2 Å². The molecule has 31 heavy (non-hydrogen) atoms. The molecule has 3 aromatic heterocycles. The largest absolute Gasteiger partial charge is 0.619 e. The van der Waals surface area contributed by atoms with Crippen LogP contribution in [-0.4, -0.2) is 33.1 Å². The molecule has 158 valence electrons. The van der Waals surface area contributed by atoms with Crippen molar-refractivity contribution >= 4 is 34.5 Å². The third-order valence-electron chi connectivity index (χ3n) is 5.31. The van der Waals surface area contributed by atoms with Gasteiger partial charge in [-0.2, -0.15) is 4.73 Å². The first kappa shape index (κ1) is 19.5. The lowest BCUT2D eigenvalue weighted by atomic mass is 10.1. The van der Waals surface area contributed by atoms with E-state index in [0.717, 1.165) is 35.8 Å². The van der Waals surface area contributed by atoms with E-state index in [1.807, 2.05) is 28.6 Å². The Kier molecular flexibility index (Phi) is 4.82. The van der Waals surface area contributed by atoms with Crippen molar-refractivity contribution in [2.45, 2.75) is 19.5 Å². The molecule has 4 heterocycles. The molecule has 0 saturated carbocycles. The Morgan fingerprint density at radius 1 is 1.29 bits per heavy atom. The van der Waals surface area contributed by atoms with Gasteiger partial charge >= 0.3 is 0 Å². The number of hydrogen-bond donors (Lipinski definition) is 1. The minimum absolute atomic E-state index is 0.317. The van der Waals surface area contributed by atoms with Crippen LogP contribution < -0.4 is 14.9 Å². The van der Waals surface area contributed by atoms with Gasteiger partial charge < -0.3 is 20.0 Å². The average Bonchev–Trinajstić information content (AvgIpc) is 3.14. The Labute approximate surface area is 182 Å². The second-order valence-electron chi connectivity index (χ2n) is 7.48. The number of imidazole rings is 1. The third-order valence-corrected chi connectivity index (χ3v) is 5.59. The van der Waals surface area contributed by atoms with E-state index < -0.39 is 5.82 Å². The van der Waals surface area contributed by atoms with E-state index in [1.165, 1.54) is 24.7 Å². The van der Waals surface area contributed by atoms with Crippen molar-refractivity contribution in [1.82, 2.24) is 19.5 Å². The fourth-order valence-electron chi connectivity index (χ4n) is 3.83. The van der Waals surface area contributed by atoms with Gasteiger partial charge in [0.2, 0.25) is 11.9 Å². The van der Waals surface area contributed by atoms with Crippen LogP contribution in [0.15, 0.2) is 42.9 Å². The fraction of sp³-hybridized carbons (Fsp3) is 0.238. The molecule has 0 saturated heterocycles. The molecule has 1 aliphatic heterocycles. The van der Waals surface area contributed by atoms with Crippen molar-refractivity contribution in [3.8, 4) is 11.3 Å². The van der Waals surface area contributed by atoms with E-state index in [0.29, 0.717) is 39.8 Å². The molecule has 0 bridgehead atoms. The monoisotopic (exact) mass is 439 g/mol. The van der Waals surface area contributed by atoms with Crippen molar-refractivity contribution in [3.05, 3.63) is 64.5 Å². The summed E-state index contributed by atoms with van der Waals surface area (Å²) in [6.07, 6.45) is 5.32. The molecule has 4 aromatic rings. The number of nitrogens with zero attached hydrogens (tertiary/aromatic N) is 6. The number of nitrogens with one attached hydrogen (secondary N) is 1. The van der Waals surface area contributed by atoms with Gasteiger partial charge in [-0.05, 0) is 24.6 Å². The predicted molar refractivity (Wildman–Crippen MR) is 116 cm³/mol. The summed E-state index contributed by atoms with van der Waals surface area (Å²) in [7, 11) is 1.95. The number of pyridine rings is 1. The second kappa shape index (κ2) is 7.66. The molecule has 5 rings (SSSR count). The molecule has 0 spiro atoms. The first-order chi connectivity index (χ1) is 15.0. The molecule has 1 N–H and O–H groups in total. The van der Waals surface area contributed by atoms with Crippen LogP contribution >= 0.6 is 11.6 Å². The first-order valence-corrected chi connectivity index (χ1v) is 10.2. The zero-order valence-electron chi connectivity index (χ0n) is 16.7. The van der Waals surface area contributed by atoms with Crippen LogP contribution in [-0.2, 0) is 13.1 Å². The van der Waals surface area contributed by atoms with Crippen molar-refractivity contribution in [2.24, 2.45) is 0 Å². The Morgan fingerprint density at radius 3 is 3.00 bits per heavy atom. The van der Waals surface area contributed by atoms with Crippen LogP contribution in [0.25, 0.3) is 22.3 Å². The van der Waals surface area contributed by atoms with E-state index in [2.05, 4.69) is 20.3 Å². The van der Waals surface area contributed by atoms with Crippen LogP contribution in [0.1, 0.15) is 12.0 Å². The molecular formula is C21H19ClFN7O. The van der Waals surface area contributed by atoms with Gasteiger partial charge in [0.05, 0.1) is 22.4 Å². The molecule has 0 unspecified atom stereocenters. The number of aryl methyl sites for hydroxylation is 1. The Balaban J connectivity index is 1.51. The maximum atomic E-state index is 15.0. The second-order valence-corrected chi connectivity index (χ2v) is 7.89. The number of halogens is 2. The summed E-state index contributed by atoms with van der Waals surface area (Å²) < 4.78 is 17.7. The lowest BCUT2D eigenvalue weighted by Gasteiger charge is -2.25. The van der Waals surface area contributed by atoms with Gasteiger partial charge in [-0.1, -0.05) is 11.6 Å². The van der Waals surface area contributed by atoms with Gasteiger partial charge in [-0.25, -0.2) is 19.3 Å². The Morgan fingerprint density at radius 2 is 2.16 bits per heavy atom. The molecule has 1 aromatic carbocycles. The molecular weight excluding hydrogens is 421 g/mol. The third kappa shape index (κ3) is 3.61. The summed E-state index contributed by atoms with van der Waals surface area (Å²) >= 11 is 6.36. The summed E-state index contributed by atoms with van der Waals surface area (Å²) in [5, 5.41) is 14.8. The standard InChI is InChI=1S/C21H19ClFN7O/c1-28-5-3-7-30-17-9-14(8-16(23)19(17)27-21(28)30)18-15(22)11-25-20(26-18)24-10-13-4-2-6-29(31)12-13/h2,4,6,8-9,11-12H,3,5,7,10H2,1H3,(H,24,25,26). The SMILES string of the molecule is CN1CCCn2c1nc1c(F)cc(-c3nc(NCc4ccc[n+]([O-])c4)ncc3Cl)cc12. The number of rotatable bonds is 4. The average molecular weight is 440 g/mol. The maximum absolute atomic E-state index is 15.0. The van der Waals surface area contributed by atoms with Crippen LogP contribution in [0, 0.1) is 11.0 Å². The molecule has 0 fully saturated rings. The zero-order valence-corrected chi connectivity index (χ0v) is 17.5. The highest BCUT2D eigenvalue weighted by Crippen LogP contribution is 2.33. The molecule has 0 atom stereocenters. The fourth-order valence-corrected chi connectivity index (χ4v) is 4.03. The number of aromatic nitrogens is 5. The molecule has 8 nitrogen and oxygen atoms in total. The lowest BCUT2D eigenvalue weighted by Crippen LogP contribution is -2.28. The molecule has 0 radical (unpaired) electrons. The number of hydrogen-bond acceptors (Lipinski definition) is 6. The van der Waals surface area contributed by atoms with Gasteiger partial charge in [0.25, 0.3) is 0 Å².